The lowest BCUT2D eigenvalue weighted by molar-refractivity contribution is 0.112. The lowest BCUT2D eigenvalue weighted by atomic mass is 10.2. The largest absolute Gasteiger partial charge is 0.489 e. The number of ether oxygens (including phenoxy) is 1. The van der Waals surface area contributed by atoms with Crippen molar-refractivity contribution in [2.24, 2.45) is 0 Å². The van der Waals surface area contributed by atoms with E-state index in [-0.39, 0.29) is 0 Å². The van der Waals surface area contributed by atoms with Crippen LogP contribution < -0.4 is 4.74 Å². The molecule has 3 nitrogen and oxygen atoms in total. The van der Waals surface area contributed by atoms with Gasteiger partial charge >= 0.3 is 0 Å². The van der Waals surface area contributed by atoms with Gasteiger partial charge in [-0.1, -0.05) is 30.3 Å². The quantitative estimate of drug-likeness (QED) is 0.721. The summed E-state index contributed by atoms with van der Waals surface area (Å²) in [4.78, 5) is 13.8. The summed E-state index contributed by atoms with van der Waals surface area (Å²) in [6, 6.07) is 15.6. The summed E-state index contributed by atoms with van der Waals surface area (Å²) in [5.74, 6) is 0.743. The molecule has 93 valence electrons. The number of aromatic amines is 1. The summed E-state index contributed by atoms with van der Waals surface area (Å²) in [6.07, 6.45) is 3.61. The van der Waals surface area contributed by atoms with Crippen LogP contribution in [-0.4, -0.2) is 11.3 Å². The van der Waals surface area contributed by atoms with Crippen LogP contribution in [-0.2, 0) is 6.61 Å². The molecule has 1 N–H and O–H groups in total. The van der Waals surface area contributed by atoms with Gasteiger partial charge in [-0.05, 0) is 23.8 Å². The molecule has 0 aliphatic carbocycles. The second-order valence-electron chi connectivity index (χ2n) is 4.26. The molecular formula is C16H12NO2. The predicted molar refractivity (Wildman–Crippen MR) is 73.3 cm³/mol. The minimum absolute atomic E-state index is 0.511. The predicted octanol–water partition coefficient (Wildman–Crippen LogP) is 3.36. The van der Waals surface area contributed by atoms with Gasteiger partial charge in [0.1, 0.15) is 12.4 Å². The minimum Gasteiger partial charge on any atom is -0.489 e. The molecule has 0 bridgehead atoms. The number of hydrogen-bond donors (Lipinski definition) is 1. The van der Waals surface area contributed by atoms with Crippen molar-refractivity contribution in [3.63, 3.8) is 0 Å². The van der Waals surface area contributed by atoms with Crippen LogP contribution in [0.15, 0.2) is 48.5 Å². The van der Waals surface area contributed by atoms with Crippen LogP contribution in [0, 0.1) is 6.20 Å². The third-order valence-corrected chi connectivity index (χ3v) is 2.98. The molecule has 0 aliphatic rings. The molecule has 0 spiro atoms. The number of fused-ring (bicyclic) bond motifs is 1. The number of carbonyl (C=O) groups is 1. The Morgan fingerprint density at radius 3 is 2.79 bits per heavy atom. The van der Waals surface area contributed by atoms with Gasteiger partial charge < -0.3 is 9.72 Å². The monoisotopic (exact) mass is 250 g/mol. The SMILES string of the molecule is O=Cc1[c][nH]c2ccc(OCc3ccccc3)cc12. The molecule has 1 heterocycles. The Hall–Kier alpha value is -2.55. The Morgan fingerprint density at radius 1 is 1.16 bits per heavy atom. The lowest BCUT2D eigenvalue weighted by Gasteiger charge is -2.06. The lowest BCUT2D eigenvalue weighted by Crippen LogP contribution is -1.94. The van der Waals surface area contributed by atoms with Gasteiger partial charge in [0.2, 0.25) is 0 Å². The maximum atomic E-state index is 10.9. The van der Waals surface area contributed by atoms with Crippen LogP contribution in [0.25, 0.3) is 10.9 Å². The molecule has 0 fully saturated rings. The average Bonchev–Trinajstić information content (AvgIpc) is 2.88. The first-order valence-corrected chi connectivity index (χ1v) is 6.02. The van der Waals surface area contributed by atoms with Crippen molar-refractivity contribution >= 4 is 17.2 Å². The fourth-order valence-electron chi connectivity index (χ4n) is 1.98. The molecular weight excluding hydrogens is 238 g/mol. The van der Waals surface area contributed by atoms with E-state index in [1.165, 1.54) is 0 Å². The van der Waals surface area contributed by atoms with E-state index in [1.54, 1.807) is 0 Å². The zero-order chi connectivity index (χ0) is 13.1. The van der Waals surface area contributed by atoms with Gasteiger partial charge in [-0.15, -0.1) is 0 Å². The fourth-order valence-corrected chi connectivity index (χ4v) is 1.98. The van der Waals surface area contributed by atoms with E-state index in [0.717, 1.165) is 28.5 Å². The maximum absolute atomic E-state index is 10.9. The molecule has 0 unspecified atom stereocenters. The number of benzene rings is 2. The first kappa shape index (κ1) is 11.5. The smallest absolute Gasteiger partial charge is 0.152 e. The van der Waals surface area contributed by atoms with Crippen molar-refractivity contribution in [1.82, 2.24) is 4.98 Å². The standard InChI is InChI=1S/C16H12NO2/c18-10-13-9-17-16-7-6-14(8-15(13)16)19-11-12-4-2-1-3-5-12/h1-8,10,17H,11H2. The first-order valence-electron chi connectivity index (χ1n) is 6.02. The van der Waals surface area contributed by atoms with Gasteiger partial charge in [-0.3, -0.25) is 4.79 Å². The topological polar surface area (TPSA) is 42.1 Å². The highest BCUT2D eigenvalue weighted by Crippen LogP contribution is 2.23. The van der Waals surface area contributed by atoms with Crippen molar-refractivity contribution in [3.05, 3.63) is 65.9 Å². The van der Waals surface area contributed by atoms with Gasteiger partial charge in [0.15, 0.2) is 6.29 Å². The van der Waals surface area contributed by atoms with Crippen LogP contribution in [0.5, 0.6) is 5.75 Å². The number of nitrogens with one attached hydrogen (secondary N) is 1. The summed E-state index contributed by atoms with van der Waals surface area (Å²) in [5, 5.41) is 0.834. The zero-order valence-corrected chi connectivity index (χ0v) is 10.2. The molecule has 0 aliphatic heterocycles. The summed E-state index contributed by atoms with van der Waals surface area (Å²) in [5.41, 5.74) is 2.52. The van der Waals surface area contributed by atoms with Crippen LogP contribution >= 0.6 is 0 Å². The molecule has 0 saturated heterocycles. The Morgan fingerprint density at radius 2 is 2.00 bits per heavy atom. The highest BCUT2D eigenvalue weighted by molar-refractivity contribution is 5.97. The maximum Gasteiger partial charge on any atom is 0.152 e. The van der Waals surface area contributed by atoms with Crippen molar-refractivity contribution in [1.29, 1.82) is 0 Å². The molecule has 1 radical (unpaired) electrons. The van der Waals surface area contributed by atoms with Gasteiger partial charge in [0, 0.05) is 16.5 Å². The zero-order valence-electron chi connectivity index (χ0n) is 10.2. The number of rotatable bonds is 4. The van der Waals surface area contributed by atoms with Crippen LogP contribution in [0.2, 0.25) is 0 Å². The molecule has 3 aromatic rings. The second-order valence-corrected chi connectivity index (χ2v) is 4.26. The van der Waals surface area contributed by atoms with E-state index >= 15 is 0 Å². The van der Waals surface area contributed by atoms with E-state index in [2.05, 4.69) is 11.2 Å². The average molecular weight is 250 g/mol. The van der Waals surface area contributed by atoms with Crippen molar-refractivity contribution in [2.45, 2.75) is 6.61 Å². The van der Waals surface area contributed by atoms with Crippen molar-refractivity contribution in [3.8, 4) is 5.75 Å². The molecule has 2 aromatic carbocycles. The Labute approximate surface area is 110 Å². The molecule has 19 heavy (non-hydrogen) atoms. The van der Waals surface area contributed by atoms with Crippen LogP contribution in [0.1, 0.15) is 15.9 Å². The molecule has 3 rings (SSSR count). The van der Waals surface area contributed by atoms with Crippen molar-refractivity contribution in [2.75, 3.05) is 0 Å². The van der Waals surface area contributed by atoms with Crippen molar-refractivity contribution < 1.29 is 9.53 Å². The summed E-state index contributed by atoms with van der Waals surface area (Å²) in [7, 11) is 0. The highest BCUT2D eigenvalue weighted by Gasteiger charge is 2.05. The number of aldehydes is 1. The van der Waals surface area contributed by atoms with E-state index in [9.17, 15) is 4.79 Å². The van der Waals surface area contributed by atoms with E-state index in [0.29, 0.717) is 12.2 Å². The third-order valence-electron chi connectivity index (χ3n) is 2.98. The fraction of sp³-hybridized carbons (Fsp3) is 0.0625. The van der Waals surface area contributed by atoms with Gasteiger partial charge in [-0.2, -0.15) is 0 Å². The molecule has 3 heteroatoms. The summed E-state index contributed by atoms with van der Waals surface area (Å²) < 4.78 is 5.73. The van der Waals surface area contributed by atoms with Crippen LogP contribution in [0.4, 0.5) is 0 Å². The van der Waals surface area contributed by atoms with Gasteiger partial charge in [0.05, 0.1) is 6.20 Å². The highest BCUT2D eigenvalue weighted by atomic mass is 16.5. The number of hydrogen-bond acceptors (Lipinski definition) is 2. The number of H-pyrrole nitrogens is 1. The van der Waals surface area contributed by atoms with Crippen LogP contribution in [0.3, 0.4) is 0 Å². The Bertz CT molecular complexity index is 701. The Balaban J connectivity index is 1.83. The summed E-state index contributed by atoms with van der Waals surface area (Å²) in [6.45, 7) is 0.511. The normalized spacial score (nSPS) is 10.5. The molecule has 0 amide bonds. The molecule has 1 aromatic heterocycles. The third kappa shape index (κ3) is 2.36. The first-order chi connectivity index (χ1) is 9.36. The van der Waals surface area contributed by atoms with E-state index in [1.807, 2.05) is 48.5 Å². The molecule has 0 atom stereocenters. The van der Waals surface area contributed by atoms with Gasteiger partial charge in [-0.25, -0.2) is 0 Å². The second kappa shape index (κ2) is 4.98. The minimum atomic E-state index is 0.511. The number of carbonyl (C=O) groups excluding carboxylic acids is 1. The Kier molecular flexibility index (Phi) is 3.02. The van der Waals surface area contributed by atoms with Gasteiger partial charge in [0.25, 0.3) is 0 Å². The summed E-state index contributed by atoms with van der Waals surface area (Å²) >= 11 is 0. The number of aromatic nitrogens is 1. The van der Waals surface area contributed by atoms with E-state index < -0.39 is 0 Å². The molecule has 0 saturated carbocycles. The van der Waals surface area contributed by atoms with E-state index in [4.69, 9.17) is 4.74 Å².